The second-order valence-corrected chi connectivity index (χ2v) is 5.13. The maximum Gasteiger partial charge on any atom is 0.335 e. The fourth-order valence-corrected chi connectivity index (χ4v) is 2.66. The van der Waals surface area contributed by atoms with E-state index in [-0.39, 0.29) is 0 Å². The summed E-state index contributed by atoms with van der Waals surface area (Å²) in [5.74, 6) is -0.887. The molecule has 0 aromatic heterocycles. The van der Waals surface area contributed by atoms with Crippen molar-refractivity contribution in [3.05, 3.63) is 54.1 Å². The van der Waals surface area contributed by atoms with Crippen molar-refractivity contribution >= 4 is 11.7 Å². The number of anilines is 1. The van der Waals surface area contributed by atoms with Crippen LogP contribution in [0.25, 0.3) is 11.1 Å². The number of aromatic carboxylic acids is 1. The van der Waals surface area contributed by atoms with Crippen molar-refractivity contribution in [3.63, 3.8) is 0 Å². The number of hydrogen-bond acceptors (Lipinski definition) is 2. The van der Waals surface area contributed by atoms with E-state index in [2.05, 4.69) is 29.2 Å². The van der Waals surface area contributed by atoms with Gasteiger partial charge >= 0.3 is 5.97 Å². The Morgan fingerprint density at radius 2 is 1.65 bits per heavy atom. The molecule has 1 saturated heterocycles. The molecule has 0 atom stereocenters. The average molecular weight is 267 g/mol. The molecular formula is C17H17NO2. The van der Waals surface area contributed by atoms with Crippen molar-refractivity contribution in [3.8, 4) is 11.1 Å². The number of hydrogen-bond donors (Lipinski definition) is 1. The highest BCUT2D eigenvalue weighted by Gasteiger charge is 2.12. The Hall–Kier alpha value is -2.29. The molecule has 1 fully saturated rings. The van der Waals surface area contributed by atoms with E-state index < -0.39 is 5.97 Å². The van der Waals surface area contributed by atoms with E-state index in [1.165, 1.54) is 18.5 Å². The molecule has 0 unspecified atom stereocenters. The van der Waals surface area contributed by atoms with Crippen LogP contribution in [0.4, 0.5) is 5.69 Å². The van der Waals surface area contributed by atoms with Crippen LogP contribution in [0.3, 0.4) is 0 Å². The molecule has 0 radical (unpaired) electrons. The molecule has 1 heterocycles. The first-order valence-corrected chi connectivity index (χ1v) is 6.93. The zero-order chi connectivity index (χ0) is 13.9. The minimum Gasteiger partial charge on any atom is -0.478 e. The van der Waals surface area contributed by atoms with Gasteiger partial charge in [0.05, 0.1) is 5.56 Å². The summed E-state index contributed by atoms with van der Waals surface area (Å²) in [5, 5.41) is 8.93. The van der Waals surface area contributed by atoms with Crippen molar-refractivity contribution in [2.45, 2.75) is 12.8 Å². The Balaban J connectivity index is 1.89. The highest BCUT2D eigenvalue weighted by molar-refractivity contribution is 5.88. The largest absolute Gasteiger partial charge is 0.478 e. The van der Waals surface area contributed by atoms with Crippen LogP contribution in [0.15, 0.2) is 48.5 Å². The number of nitrogens with zero attached hydrogens (tertiary/aromatic N) is 1. The topological polar surface area (TPSA) is 40.5 Å². The second kappa shape index (κ2) is 5.37. The van der Waals surface area contributed by atoms with Crippen LogP contribution >= 0.6 is 0 Å². The Morgan fingerprint density at radius 3 is 2.30 bits per heavy atom. The summed E-state index contributed by atoms with van der Waals surface area (Å²) in [5.41, 5.74) is 3.76. The predicted molar refractivity (Wildman–Crippen MR) is 80.3 cm³/mol. The minimum absolute atomic E-state index is 0.324. The molecule has 0 spiro atoms. The Morgan fingerprint density at radius 1 is 0.950 bits per heavy atom. The molecule has 20 heavy (non-hydrogen) atoms. The molecule has 3 rings (SSSR count). The van der Waals surface area contributed by atoms with Crippen LogP contribution in [-0.4, -0.2) is 24.2 Å². The summed E-state index contributed by atoms with van der Waals surface area (Å²) in [6.07, 6.45) is 2.52. The number of rotatable bonds is 3. The standard InChI is InChI=1S/C17H17NO2/c19-17(20)14-8-6-13(7-9-14)15-4-3-5-16(12-15)18-10-1-2-11-18/h3-9,12H,1-2,10-11H2,(H,19,20). The van der Waals surface area contributed by atoms with Crippen LogP contribution in [0.2, 0.25) is 0 Å². The smallest absolute Gasteiger partial charge is 0.335 e. The van der Waals surface area contributed by atoms with E-state index in [4.69, 9.17) is 5.11 Å². The lowest BCUT2D eigenvalue weighted by Crippen LogP contribution is -2.17. The van der Waals surface area contributed by atoms with Crippen LogP contribution < -0.4 is 4.90 Å². The van der Waals surface area contributed by atoms with Crippen molar-refractivity contribution in [2.24, 2.45) is 0 Å². The van der Waals surface area contributed by atoms with Crippen molar-refractivity contribution in [2.75, 3.05) is 18.0 Å². The summed E-state index contributed by atoms with van der Waals surface area (Å²) in [4.78, 5) is 13.3. The lowest BCUT2D eigenvalue weighted by Gasteiger charge is -2.18. The van der Waals surface area contributed by atoms with E-state index in [1.54, 1.807) is 12.1 Å². The molecule has 2 aromatic rings. The first-order valence-electron chi connectivity index (χ1n) is 6.93. The van der Waals surface area contributed by atoms with Gasteiger partial charge in [0.2, 0.25) is 0 Å². The van der Waals surface area contributed by atoms with Crippen molar-refractivity contribution < 1.29 is 9.90 Å². The normalized spacial score (nSPS) is 14.5. The average Bonchev–Trinajstić information content (AvgIpc) is 3.02. The zero-order valence-electron chi connectivity index (χ0n) is 11.2. The third-order valence-corrected chi connectivity index (χ3v) is 3.78. The monoisotopic (exact) mass is 267 g/mol. The first-order chi connectivity index (χ1) is 9.74. The number of carboxylic acid groups (broad SMARTS) is 1. The van der Waals surface area contributed by atoms with E-state index in [1.807, 2.05) is 12.1 Å². The van der Waals surface area contributed by atoms with Crippen LogP contribution in [0.1, 0.15) is 23.2 Å². The van der Waals surface area contributed by atoms with Gasteiger partial charge in [-0.3, -0.25) is 0 Å². The molecule has 0 saturated carbocycles. The van der Waals surface area contributed by atoms with Crippen molar-refractivity contribution in [1.29, 1.82) is 0 Å². The third-order valence-electron chi connectivity index (χ3n) is 3.78. The predicted octanol–water partition coefficient (Wildman–Crippen LogP) is 3.65. The molecule has 0 aliphatic carbocycles. The molecule has 3 heteroatoms. The summed E-state index contributed by atoms with van der Waals surface area (Å²) < 4.78 is 0. The lowest BCUT2D eigenvalue weighted by atomic mass is 10.0. The van der Waals surface area contributed by atoms with Gasteiger partial charge < -0.3 is 10.0 Å². The Labute approximate surface area is 118 Å². The van der Waals surface area contributed by atoms with E-state index in [9.17, 15) is 4.79 Å². The summed E-state index contributed by atoms with van der Waals surface area (Å²) in [7, 11) is 0. The molecule has 1 aliphatic rings. The molecule has 1 aliphatic heterocycles. The molecular weight excluding hydrogens is 250 g/mol. The Kier molecular flexibility index (Phi) is 3.42. The van der Waals surface area contributed by atoms with Crippen LogP contribution in [-0.2, 0) is 0 Å². The molecule has 0 amide bonds. The van der Waals surface area contributed by atoms with Gasteiger partial charge in [0.25, 0.3) is 0 Å². The highest BCUT2D eigenvalue weighted by atomic mass is 16.4. The van der Waals surface area contributed by atoms with Crippen LogP contribution in [0, 0.1) is 0 Å². The second-order valence-electron chi connectivity index (χ2n) is 5.13. The molecule has 102 valence electrons. The van der Waals surface area contributed by atoms with Crippen LogP contribution in [0.5, 0.6) is 0 Å². The number of carbonyl (C=O) groups is 1. The maximum absolute atomic E-state index is 10.9. The lowest BCUT2D eigenvalue weighted by molar-refractivity contribution is 0.0697. The van der Waals surface area contributed by atoms with Gasteiger partial charge in [0.1, 0.15) is 0 Å². The van der Waals surface area contributed by atoms with Gasteiger partial charge in [0, 0.05) is 18.8 Å². The quantitative estimate of drug-likeness (QED) is 0.922. The number of carboxylic acids is 1. The summed E-state index contributed by atoms with van der Waals surface area (Å²) in [6, 6.07) is 15.5. The fraction of sp³-hybridized carbons (Fsp3) is 0.235. The first kappa shape index (κ1) is 12.7. The SMILES string of the molecule is O=C(O)c1ccc(-c2cccc(N3CCCC3)c2)cc1. The number of benzene rings is 2. The molecule has 3 nitrogen and oxygen atoms in total. The van der Waals surface area contributed by atoms with Gasteiger partial charge in [-0.25, -0.2) is 4.79 Å². The van der Waals surface area contributed by atoms with Gasteiger partial charge in [-0.2, -0.15) is 0 Å². The van der Waals surface area contributed by atoms with E-state index in [0.29, 0.717) is 5.56 Å². The molecule has 1 N–H and O–H groups in total. The van der Waals surface area contributed by atoms with Gasteiger partial charge in [-0.05, 0) is 48.2 Å². The summed E-state index contributed by atoms with van der Waals surface area (Å²) >= 11 is 0. The zero-order valence-corrected chi connectivity index (χ0v) is 11.2. The third kappa shape index (κ3) is 2.52. The van der Waals surface area contributed by atoms with E-state index in [0.717, 1.165) is 24.2 Å². The van der Waals surface area contributed by atoms with Crippen molar-refractivity contribution in [1.82, 2.24) is 0 Å². The maximum atomic E-state index is 10.9. The molecule has 0 bridgehead atoms. The van der Waals surface area contributed by atoms with Gasteiger partial charge in [-0.15, -0.1) is 0 Å². The molecule has 2 aromatic carbocycles. The van der Waals surface area contributed by atoms with E-state index >= 15 is 0 Å². The fourth-order valence-electron chi connectivity index (χ4n) is 2.66. The van der Waals surface area contributed by atoms with Gasteiger partial charge in [0.15, 0.2) is 0 Å². The Bertz CT molecular complexity index is 613. The highest BCUT2D eigenvalue weighted by Crippen LogP contribution is 2.27. The van der Waals surface area contributed by atoms with Gasteiger partial charge in [-0.1, -0.05) is 24.3 Å². The summed E-state index contributed by atoms with van der Waals surface area (Å²) in [6.45, 7) is 2.25. The minimum atomic E-state index is -0.887.